The lowest BCUT2D eigenvalue weighted by molar-refractivity contribution is -0.117. The summed E-state index contributed by atoms with van der Waals surface area (Å²) in [7, 11) is 0. The first-order valence-electron chi connectivity index (χ1n) is 8.15. The van der Waals surface area contributed by atoms with Crippen LogP contribution in [-0.4, -0.2) is 16.8 Å². The van der Waals surface area contributed by atoms with Gasteiger partial charge in [0, 0.05) is 28.7 Å². The van der Waals surface area contributed by atoms with Gasteiger partial charge in [0.15, 0.2) is 0 Å². The SMILES string of the molecule is CCC(C)(NC(=O)c1ccc(NC(=O)C2CC2)cc1)c1nccs1. The largest absolute Gasteiger partial charge is 0.340 e. The van der Waals surface area contributed by atoms with Crippen molar-refractivity contribution in [3.63, 3.8) is 0 Å². The zero-order valence-corrected chi connectivity index (χ0v) is 14.7. The second-order valence-electron chi connectivity index (χ2n) is 6.32. The smallest absolute Gasteiger partial charge is 0.252 e. The van der Waals surface area contributed by atoms with Gasteiger partial charge in [-0.05, 0) is 50.5 Å². The first-order valence-corrected chi connectivity index (χ1v) is 9.03. The van der Waals surface area contributed by atoms with E-state index in [0.717, 1.165) is 30.0 Å². The lowest BCUT2D eigenvalue weighted by atomic mass is 9.99. The van der Waals surface area contributed by atoms with Crippen molar-refractivity contribution in [2.24, 2.45) is 5.92 Å². The third-order valence-electron chi connectivity index (χ3n) is 4.36. The van der Waals surface area contributed by atoms with Gasteiger partial charge in [0.25, 0.3) is 5.91 Å². The quantitative estimate of drug-likeness (QED) is 0.842. The monoisotopic (exact) mass is 343 g/mol. The van der Waals surface area contributed by atoms with Crippen LogP contribution in [-0.2, 0) is 10.3 Å². The van der Waals surface area contributed by atoms with Crippen LogP contribution in [0, 0.1) is 5.92 Å². The topological polar surface area (TPSA) is 71.1 Å². The number of thiazole rings is 1. The molecule has 6 heteroatoms. The van der Waals surface area contributed by atoms with Gasteiger partial charge in [-0.3, -0.25) is 9.59 Å². The molecule has 1 atom stereocenters. The van der Waals surface area contributed by atoms with Gasteiger partial charge < -0.3 is 10.6 Å². The Bertz CT molecular complexity index is 723. The van der Waals surface area contributed by atoms with Gasteiger partial charge in [-0.2, -0.15) is 0 Å². The molecule has 1 saturated carbocycles. The Hall–Kier alpha value is -2.21. The third kappa shape index (κ3) is 3.64. The van der Waals surface area contributed by atoms with Crippen molar-refractivity contribution in [1.82, 2.24) is 10.3 Å². The van der Waals surface area contributed by atoms with E-state index in [1.807, 2.05) is 19.2 Å². The molecule has 0 spiro atoms. The van der Waals surface area contributed by atoms with E-state index in [4.69, 9.17) is 0 Å². The van der Waals surface area contributed by atoms with Crippen LogP contribution in [0.15, 0.2) is 35.8 Å². The first kappa shape index (κ1) is 16.6. The van der Waals surface area contributed by atoms with E-state index in [0.29, 0.717) is 5.56 Å². The molecular formula is C18H21N3O2S. The van der Waals surface area contributed by atoms with E-state index in [-0.39, 0.29) is 17.7 Å². The number of anilines is 1. The highest BCUT2D eigenvalue weighted by molar-refractivity contribution is 7.09. The summed E-state index contributed by atoms with van der Waals surface area (Å²) >= 11 is 1.54. The van der Waals surface area contributed by atoms with Crippen LogP contribution in [0.2, 0.25) is 0 Å². The molecule has 0 bridgehead atoms. The van der Waals surface area contributed by atoms with E-state index in [1.54, 1.807) is 30.5 Å². The molecule has 1 fully saturated rings. The zero-order valence-electron chi connectivity index (χ0n) is 13.8. The summed E-state index contributed by atoms with van der Waals surface area (Å²) in [6.07, 6.45) is 4.44. The molecule has 1 heterocycles. The maximum Gasteiger partial charge on any atom is 0.252 e. The summed E-state index contributed by atoms with van der Waals surface area (Å²) in [4.78, 5) is 28.6. The summed E-state index contributed by atoms with van der Waals surface area (Å²) in [6, 6.07) is 7.00. The molecule has 3 rings (SSSR count). The predicted octanol–water partition coefficient (Wildman–Crippen LogP) is 3.55. The number of rotatable bonds is 6. The standard InChI is InChI=1S/C18H21N3O2S/c1-3-18(2,17-19-10-11-24-17)21-16(23)13-6-8-14(9-7-13)20-15(22)12-4-5-12/h6-12H,3-5H2,1-2H3,(H,20,22)(H,21,23). The van der Waals surface area contributed by atoms with Gasteiger partial charge in [-0.15, -0.1) is 11.3 Å². The maximum absolute atomic E-state index is 12.5. The van der Waals surface area contributed by atoms with Crippen LogP contribution >= 0.6 is 11.3 Å². The van der Waals surface area contributed by atoms with Gasteiger partial charge in [0.1, 0.15) is 5.01 Å². The molecule has 2 N–H and O–H groups in total. The highest BCUT2D eigenvalue weighted by Gasteiger charge is 2.30. The Kier molecular flexibility index (Phi) is 4.66. The molecule has 24 heavy (non-hydrogen) atoms. The summed E-state index contributed by atoms with van der Waals surface area (Å²) in [5, 5.41) is 8.75. The Morgan fingerprint density at radius 1 is 1.29 bits per heavy atom. The van der Waals surface area contributed by atoms with E-state index in [9.17, 15) is 9.59 Å². The van der Waals surface area contributed by atoms with Crippen molar-refractivity contribution in [3.05, 3.63) is 46.4 Å². The Morgan fingerprint density at radius 2 is 2.00 bits per heavy atom. The van der Waals surface area contributed by atoms with Gasteiger partial charge in [0.2, 0.25) is 5.91 Å². The van der Waals surface area contributed by atoms with Crippen LogP contribution in [0.5, 0.6) is 0 Å². The molecular weight excluding hydrogens is 322 g/mol. The summed E-state index contributed by atoms with van der Waals surface area (Å²) in [5.74, 6) is 0.0840. The molecule has 0 saturated heterocycles. The van der Waals surface area contributed by atoms with Crippen LogP contribution in [0.4, 0.5) is 5.69 Å². The molecule has 5 nitrogen and oxygen atoms in total. The van der Waals surface area contributed by atoms with Crippen LogP contribution < -0.4 is 10.6 Å². The fraction of sp³-hybridized carbons (Fsp3) is 0.389. The molecule has 2 amide bonds. The Labute approximate surface area is 145 Å². The summed E-state index contributed by atoms with van der Waals surface area (Å²) < 4.78 is 0. The minimum Gasteiger partial charge on any atom is -0.340 e. The highest BCUT2D eigenvalue weighted by atomic mass is 32.1. The van der Waals surface area contributed by atoms with Crippen molar-refractivity contribution < 1.29 is 9.59 Å². The number of benzene rings is 1. The molecule has 0 aliphatic heterocycles. The van der Waals surface area contributed by atoms with Gasteiger partial charge >= 0.3 is 0 Å². The number of nitrogens with zero attached hydrogens (tertiary/aromatic N) is 1. The van der Waals surface area contributed by atoms with Crippen molar-refractivity contribution >= 4 is 28.8 Å². The zero-order chi connectivity index (χ0) is 17.2. The minimum atomic E-state index is -0.482. The van der Waals surface area contributed by atoms with E-state index in [1.165, 1.54) is 11.3 Å². The average Bonchev–Trinajstić information content (AvgIpc) is 3.29. The molecule has 126 valence electrons. The molecule has 1 aromatic heterocycles. The second kappa shape index (κ2) is 6.73. The van der Waals surface area contributed by atoms with E-state index in [2.05, 4.69) is 15.6 Å². The van der Waals surface area contributed by atoms with Crippen molar-refractivity contribution in [1.29, 1.82) is 0 Å². The molecule has 1 aromatic carbocycles. The fourth-order valence-electron chi connectivity index (χ4n) is 2.41. The van der Waals surface area contributed by atoms with Crippen LogP contribution in [0.3, 0.4) is 0 Å². The molecule has 2 aromatic rings. The second-order valence-corrected chi connectivity index (χ2v) is 7.21. The normalized spacial score (nSPS) is 16.2. The number of aromatic nitrogens is 1. The van der Waals surface area contributed by atoms with E-state index < -0.39 is 5.54 Å². The van der Waals surface area contributed by atoms with Crippen LogP contribution in [0.25, 0.3) is 0 Å². The summed E-state index contributed by atoms with van der Waals surface area (Å²) in [6.45, 7) is 4.01. The Morgan fingerprint density at radius 3 is 2.54 bits per heavy atom. The van der Waals surface area contributed by atoms with Gasteiger partial charge in [-0.1, -0.05) is 6.92 Å². The maximum atomic E-state index is 12.5. The lowest BCUT2D eigenvalue weighted by Gasteiger charge is -2.27. The van der Waals surface area contributed by atoms with Crippen molar-refractivity contribution in [2.75, 3.05) is 5.32 Å². The number of hydrogen-bond donors (Lipinski definition) is 2. The molecule has 0 radical (unpaired) electrons. The first-order chi connectivity index (χ1) is 11.5. The summed E-state index contributed by atoms with van der Waals surface area (Å²) in [5.41, 5.74) is 0.807. The van der Waals surface area contributed by atoms with E-state index >= 15 is 0 Å². The van der Waals surface area contributed by atoms with Crippen molar-refractivity contribution in [3.8, 4) is 0 Å². The molecule has 1 aliphatic rings. The number of hydrogen-bond acceptors (Lipinski definition) is 4. The predicted molar refractivity (Wildman–Crippen MR) is 95.0 cm³/mol. The molecule has 1 unspecified atom stereocenters. The molecule has 1 aliphatic carbocycles. The fourth-order valence-corrected chi connectivity index (χ4v) is 3.23. The minimum absolute atomic E-state index is 0.0644. The number of nitrogens with one attached hydrogen (secondary N) is 2. The highest BCUT2D eigenvalue weighted by Crippen LogP contribution is 2.30. The lowest BCUT2D eigenvalue weighted by Crippen LogP contribution is -2.43. The van der Waals surface area contributed by atoms with Crippen molar-refractivity contribution in [2.45, 2.75) is 38.6 Å². The Balaban J connectivity index is 1.67. The number of amides is 2. The third-order valence-corrected chi connectivity index (χ3v) is 5.40. The number of carbonyl (C=O) groups excluding carboxylic acids is 2. The average molecular weight is 343 g/mol. The van der Waals surface area contributed by atoms with Gasteiger partial charge in [0.05, 0.1) is 5.54 Å². The van der Waals surface area contributed by atoms with Crippen LogP contribution in [0.1, 0.15) is 48.5 Å². The van der Waals surface area contributed by atoms with Gasteiger partial charge in [-0.25, -0.2) is 4.98 Å². The number of carbonyl (C=O) groups is 2.